The Labute approximate surface area is 168 Å². The van der Waals surface area contributed by atoms with E-state index in [0.29, 0.717) is 6.42 Å². The van der Waals surface area contributed by atoms with Crippen molar-refractivity contribution in [2.24, 2.45) is 0 Å². The average molecular weight is 387 g/mol. The molecule has 0 saturated carbocycles. The second kappa shape index (κ2) is 13.2. The maximum atomic E-state index is 12.1. The summed E-state index contributed by atoms with van der Waals surface area (Å²) in [6, 6.07) is 0. The van der Waals surface area contributed by atoms with Crippen molar-refractivity contribution in [3.8, 4) is 0 Å². The molecular formula is C23H45ClNO+. The van der Waals surface area contributed by atoms with Crippen LogP contribution in [0.15, 0.2) is 0 Å². The van der Waals surface area contributed by atoms with E-state index in [2.05, 4.69) is 20.8 Å². The smallest absolute Gasteiger partial charge is 0.229 e. The second-order valence-electron chi connectivity index (χ2n) is 9.10. The highest BCUT2D eigenvalue weighted by Crippen LogP contribution is 2.38. The van der Waals surface area contributed by atoms with Crippen LogP contribution in [0.25, 0.3) is 0 Å². The first-order valence-corrected chi connectivity index (χ1v) is 11.9. The largest absolute Gasteiger partial charge is 0.332 e. The van der Waals surface area contributed by atoms with E-state index >= 15 is 0 Å². The van der Waals surface area contributed by atoms with Gasteiger partial charge in [0.25, 0.3) is 0 Å². The minimum absolute atomic E-state index is 0.119. The van der Waals surface area contributed by atoms with Gasteiger partial charge in [0.1, 0.15) is 12.1 Å². The van der Waals surface area contributed by atoms with E-state index in [0.717, 1.165) is 19.4 Å². The lowest BCUT2D eigenvalue weighted by molar-refractivity contribution is -0.785. The Bertz CT molecular complexity index is 382. The summed E-state index contributed by atoms with van der Waals surface area (Å²) in [6.07, 6.45) is 22.0. The molecule has 1 heterocycles. The van der Waals surface area contributed by atoms with Gasteiger partial charge in [-0.3, -0.25) is 0 Å². The number of likely N-dealkylation sites (tertiary alicyclic amines) is 1. The maximum Gasteiger partial charge on any atom is 0.332 e. The van der Waals surface area contributed by atoms with Gasteiger partial charge < -0.3 is 0 Å². The third-order valence-corrected chi connectivity index (χ3v) is 7.17. The first kappa shape index (κ1) is 24.0. The van der Waals surface area contributed by atoms with E-state index in [1.165, 1.54) is 89.9 Å². The minimum atomic E-state index is -0.119. The monoisotopic (exact) mass is 386 g/mol. The molecule has 0 aromatic heterocycles. The molecule has 0 N–H and O–H groups in total. The van der Waals surface area contributed by atoms with Gasteiger partial charge in [-0.25, -0.2) is 4.79 Å². The Kier molecular flexibility index (Phi) is 12.1. The van der Waals surface area contributed by atoms with Gasteiger partial charge in [-0.1, -0.05) is 90.4 Å². The molecule has 1 rings (SSSR count). The van der Waals surface area contributed by atoms with E-state index in [1.807, 2.05) is 0 Å². The molecule has 1 amide bonds. The van der Waals surface area contributed by atoms with Crippen LogP contribution < -0.4 is 0 Å². The van der Waals surface area contributed by atoms with Crippen molar-refractivity contribution in [3.05, 3.63) is 0 Å². The molecule has 1 unspecified atom stereocenters. The number of hydrogen-bond donors (Lipinski definition) is 0. The van der Waals surface area contributed by atoms with Crippen LogP contribution in [0, 0.1) is 0 Å². The van der Waals surface area contributed by atoms with Crippen molar-refractivity contribution in [1.82, 2.24) is 0 Å². The van der Waals surface area contributed by atoms with Gasteiger partial charge in [0.15, 0.2) is 11.8 Å². The van der Waals surface area contributed by atoms with Crippen LogP contribution >= 0.6 is 11.8 Å². The van der Waals surface area contributed by atoms with Gasteiger partial charge in [0.2, 0.25) is 0 Å². The molecule has 0 radical (unpaired) electrons. The molecule has 1 fully saturated rings. The molecule has 0 spiro atoms. The Morgan fingerprint density at radius 2 is 1.23 bits per heavy atom. The Morgan fingerprint density at radius 3 is 1.62 bits per heavy atom. The summed E-state index contributed by atoms with van der Waals surface area (Å²) in [5.41, 5.74) is -0.119. The fourth-order valence-corrected chi connectivity index (χ4v) is 4.61. The first-order valence-electron chi connectivity index (χ1n) is 11.6. The summed E-state index contributed by atoms with van der Waals surface area (Å²) in [5.74, 6) is 0.224. The van der Waals surface area contributed by atoms with Crippen LogP contribution in [0.3, 0.4) is 0 Å². The molecule has 0 aromatic rings. The Morgan fingerprint density at radius 1 is 0.808 bits per heavy atom. The van der Waals surface area contributed by atoms with Gasteiger partial charge in [-0.2, -0.15) is 4.00 Å². The van der Waals surface area contributed by atoms with E-state index in [1.54, 1.807) is 0 Å². The molecular weight excluding hydrogens is 342 g/mol. The molecule has 2 nitrogen and oxygen atoms in total. The molecule has 26 heavy (non-hydrogen) atoms. The van der Waals surface area contributed by atoms with Crippen LogP contribution in [-0.2, 0) is 4.79 Å². The normalized spacial score (nSPS) is 20.8. The zero-order valence-corrected chi connectivity index (χ0v) is 18.7. The van der Waals surface area contributed by atoms with E-state index in [-0.39, 0.29) is 15.4 Å². The molecule has 1 aliphatic rings. The Balaban J connectivity index is 1.92. The number of rotatable bonds is 16. The average Bonchev–Trinajstić information content (AvgIpc) is 2.96. The molecule has 1 atom stereocenters. The minimum Gasteiger partial charge on any atom is -0.229 e. The SMILES string of the molecule is CCCCCCCCCCCCCCCCC(C)(C)[N+]1(Cl)CCCC1=O. The number of carbonyl (C=O) groups is 1. The topological polar surface area (TPSA) is 17.1 Å². The number of unbranched alkanes of at least 4 members (excludes halogenated alkanes) is 13. The molecule has 0 aromatic carbocycles. The summed E-state index contributed by atoms with van der Waals surface area (Å²) in [7, 11) is 0. The fraction of sp³-hybridized carbons (Fsp3) is 0.957. The summed E-state index contributed by atoms with van der Waals surface area (Å²) < 4.78 is 0.144. The molecule has 0 aliphatic carbocycles. The maximum absolute atomic E-state index is 12.1. The molecule has 0 bridgehead atoms. The lowest BCUT2D eigenvalue weighted by Crippen LogP contribution is -2.55. The summed E-state index contributed by atoms with van der Waals surface area (Å²) in [4.78, 5) is 12.1. The molecule has 3 heteroatoms. The second-order valence-corrected chi connectivity index (χ2v) is 9.67. The van der Waals surface area contributed by atoms with Crippen LogP contribution in [0.2, 0.25) is 0 Å². The number of halogens is 1. The molecule has 1 aliphatic heterocycles. The zero-order chi connectivity index (χ0) is 19.3. The highest BCUT2D eigenvalue weighted by Gasteiger charge is 2.52. The van der Waals surface area contributed by atoms with Gasteiger partial charge in [0, 0.05) is 12.8 Å². The number of quaternary nitrogens is 1. The van der Waals surface area contributed by atoms with Crippen molar-refractivity contribution in [2.45, 2.75) is 135 Å². The van der Waals surface area contributed by atoms with Gasteiger partial charge in [-0.05, 0) is 20.3 Å². The van der Waals surface area contributed by atoms with Gasteiger partial charge in [-0.15, -0.1) is 0 Å². The third kappa shape index (κ3) is 8.30. The van der Waals surface area contributed by atoms with E-state index < -0.39 is 0 Å². The van der Waals surface area contributed by atoms with Crippen LogP contribution in [-0.4, -0.2) is 22.0 Å². The number of hydrogen-bond acceptors (Lipinski definition) is 1. The van der Waals surface area contributed by atoms with Crippen LogP contribution in [0.4, 0.5) is 0 Å². The predicted molar refractivity (Wildman–Crippen MR) is 114 cm³/mol. The zero-order valence-electron chi connectivity index (χ0n) is 18.0. The summed E-state index contributed by atoms with van der Waals surface area (Å²) in [6.45, 7) is 7.44. The molecule has 154 valence electrons. The molecule has 1 saturated heterocycles. The van der Waals surface area contributed by atoms with Gasteiger partial charge in [0.05, 0.1) is 6.42 Å². The standard InChI is InChI=1S/C23H45ClNO/c1-4-5-6-7-8-9-10-11-12-13-14-15-16-17-20-23(2,3)25(24)21-18-19-22(25)26/h4-21H2,1-3H3/q+1. The van der Waals surface area contributed by atoms with Crippen molar-refractivity contribution < 1.29 is 8.80 Å². The highest BCUT2D eigenvalue weighted by atomic mass is 35.5. The Hall–Kier alpha value is -0.0800. The number of carbonyl (C=O) groups excluding carboxylic acids is 1. The number of nitrogens with zero attached hydrogens (tertiary/aromatic N) is 1. The highest BCUT2D eigenvalue weighted by molar-refractivity contribution is 6.12. The third-order valence-electron chi connectivity index (χ3n) is 6.35. The van der Waals surface area contributed by atoms with Crippen molar-refractivity contribution in [2.75, 3.05) is 6.54 Å². The van der Waals surface area contributed by atoms with Crippen molar-refractivity contribution >= 4 is 17.7 Å². The first-order chi connectivity index (χ1) is 12.4. The summed E-state index contributed by atoms with van der Waals surface area (Å²) >= 11 is 6.66. The van der Waals surface area contributed by atoms with Crippen molar-refractivity contribution in [1.29, 1.82) is 0 Å². The van der Waals surface area contributed by atoms with Crippen molar-refractivity contribution in [3.63, 3.8) is 0 Å². The van der Waals surface area contributed by atoms with E-state index in [9.17, 15) is 4.79 Å². The fourth-order valence-electron chi connectivity index (χ4n) is 4.32. The number of amides is 1. The lowest BCUT2D eigenvalue weighted by atomic mass is 9.94. The summed E-state index contributed by atoms with van der Waals surface area (Å²) in [5, 5.41) is 0. The lowest BCUT2D eigenvalue weighted by Gasteiger charge is -2.37. The van der Waals surface area contributed by atoms with Crippen LogP contribution in [0.5, 0.6) is 0 Å². The van der Waals surface area contributed by atoms with E-state index in [4.69, 9.17) is 11.8 Å². The van der Waals surface area contributed by atoms with Crippen LogP contribution in [0.1, 0.15) is 130 Å². The van der Waals surface area contributed by atoms with Gasteiger partial charge >= 0.3 is 5.91 Å². The predicted octanol–water partition coefficient (Wildman–Crippen LogP) is 7.93. The quantitative estimate of drug-likeness (QED) is 0.194.